The molecule has 7 nitrogen and oxygen atoms in total. The first kappa shape index (κ1) is 34.2. The normalized spacial score (nSPS) is 11.6. The minimum absolute atomic E-state index is 0.153. The number of amides is 1. The van der Waals surface area contributed by atoms with Gasteiger partial charge in [0, 0.05) is 23.7 Å². The lowest BCUT2D eigenvalue weighted by atomic mass is 9.94. The maximum absolute atomic E-state index is 14.0. The van der Waals surface area contributed by atoms with Crippen molar-refractivity contribution in [3.8, 4) is 34.1 Å². The molecule has 0 aromatic heterocycles. The highest BCUT2D eigenvalue weighted by atomic mass is 35.5. The van der Waals surface area contributed by atoms with Gasteiger partial charge in [-0.25, -0.2) is 0 Å². The molecule has 0 saturated heterocycles. The Hall–Kier alpha value is -4.70. The third-order valence-corrected chi connectivity index (χ3v) is 7.39. The van der Waals surface area contributed by atoms with Crippen molar-refractivity contribution in [3.63, 3.8) is 0 Å². The Labute approximate surface area is 270 Å². The lowest BCUT2D eigenvalue weighted by Gasteiger charge is -2.33. The molecule has 11 heteroatoms. The molecule has 0 fully saturated rings. The highest BCUT2D eigenvalue weighted by molar-refractivity contribution is 6.30. The van der Waals surface area contributed by atoms with Crippen molar-refractivity contribution in [3.05, 3.63) is 107 Å². The topological polar surface area (TPSA) is 85.3 Å². The number of carboxylic acid groups (broad SMARTS) is 1. The molecule has 0 atom stereocenters. The molecule has 4 aromatic carbocycles. The van der Waals surface area contributed by atoms with E-state index in [4.69, 9.17) is 25.8 Å². The number of likely N-dealkylation sites (N-methyl/N-ethyl adjacent to an activating group) is 1. The van der Waals surface area contributed by atoms with Crippen molar-refractivity contribution in [1.29, 1.82) is 0 Å². The fraction of sp³-hybridized carbons (Fsp3) is 0.257. The van der Waals surface area contributed by atoms with Crippen molar-refractivity contribution in [2.45, 2.75) is 45.5 Å². The first-order valence-corrected chi connectivity index (χ1v) is 14.7. The molecule has 1 N–H and O–H groups in total. The molecular formula is C35H33ClF3NO6. The molecule has 0 aliphatic rings. The number of benzene rings is 4. The Morgan fingerprint density at radius 3 is 2.15 bits per heavy atom. The maximum atomic E-state index is 14.0. The second-order valence-corrected chi connectivity index (χ2v) is 11.3. The predicted molar refractivity (Wildman–Crippen MR) is 169 cm³/mol. The van der Waals surface area contributed by atoms with E-state index >= 15 is 0 Å². The van der Waals surface area contributed by atoms with E-state index in [0.29, 0.717) is 39.0 Å². The average molecular weight is 656 g/mol. The summed E-state index contributed by atoms with van der Waals surface area (Å²) in [5.41, 5.74) is -0.957. The number of para-hydroxylation sites is 2. The molecule has 0 unspecified atom stereocenters. The zero-order chi connectivity index (χ0) is 33.6. The fourth-order valence-corrected chi connectivity index (χ4v) is 5.02. The van der Waals surface area contributed by atoms with Gasteiger partial charge in [0.1, 0.15) is 11.5 Å². The number of rotatable bonds is 12. The zero-order valence-electron chi connectivity index (χ0n) is 25.7. The van der Waals surface area contributed by atoms with E-state index in [1.807, 2.05) is 0 Å². The summed E-state index contributed by atoms with van der Waals surface area (Å²) in [5, 5.41) is 9.85. The molecule has 4 aromatic rings. The van der Waals surface area contributed by atoms with Crippen LogP contribution in [0.25, 0.3) is 11.1 Å². The first-order valence-electron chi connectivity index (χ1n) is 14.3. The van der Waals surface area contributed by atoms with Crippen molar-refractivity contribution in [2.24, 2.45) is 0 Å². The summed E-state index contributed by atoms with van der Waals surface area (Å²) in [4.78, 5) is 26.7. The Bertz CT molecular complexity index is 1710. The number of nitrogens with zero attached hydrogens (tertiary/aromatic N) is 1. The second kappa shape index (κ2) is 14.2. The Morgan fingerprint density at radius 1 is 0.870 bits per heavy atom. The number of carbonyl (C=O) groups excluding carboxylic acids is 1. The van der Waals surface area contributed by atoms with Gasteiger partial charge in [0.05, 0.1) is 19.1 Å². The van der Waals surface area contributed by atoms with Gasteiger partial charge in [-0.15, -0.1) is 0 Å². The number of carbonyl (C=O) groups is 2. The Morgan fingerprint density at radius 2 is 1.54 bits per heavy atom. The fourth-order valence-electron chi connectivity index (χ4n) is 4.89. The van der Waals surface area contributed by atoms with Crippen LogP contribution in [0.3, 0.4) is 0 Å². The Balaban J connectivity index is 1.68. The highest BCUT2D eigenvalue weighted by Gasteiger charge is 2.36. The molecular weight excluding hydrogens is 623 g/mol. The molecule has 0 bridgehead atoms. The smallest absolute Gasteiger partial charge is 0.416 e. The lowest BCUT2D eigenvalue weighted by molar-refractivity contribution is -0.146. The van der Waals surface area contributed by atoms with Crippen molar-refractivity contribution in [2.75, 3.05) is 13.7 Å². The van der Waals surface area contributed by atoms with Crippen LogP contribution in [-0.4, -0.2) is 41.1 Å². The van der Waals surface area contributed by atoms with Gasteiger partial charge in [-0.05, 0) is 98.1 Å². The van der Waals surface area contributed by atoms with Gasteiger partial charge in [-0.3, -0.25) is 9.59 Å². The van der Waals surface area contributed by atoms with Crippen LogP contribution in [0.5, 0.6) is 23.0 Å². The number of ether oxygens (including phenoxy) is 3. The predicted octanol–water partition coefficient (Wildman–Crippen LogP) is 8.66. The minimum atomic E-state index is -4.64. The number of halogens is 4. The van der Waals surface area contributed by atoms with E-state index in [0.717, 1.165) is 12.1 Å². The molecule has 242 valence electrons. The number of aliphatic carboxylic acids is 1. The molecule has 4 rings (SSSR count). The van der Waals surface area contributed by atoms with Gasteiger partial charge >= 0.3 is 12.1 Å². The van der Waals surface area contributed by atoms with Gasteiger partial charge in [0.15, 0.2) is 17.1 Å². The van der Waals surface area contributed by atoms with Crippen LogP contribution in [0, 0.1) is 0 Å². The quantitative estimate of drug-likeness (QED) is 0.164. The number of alkyl halides is 3. The summed E-state index contributed by atoms with van der Waals surface area (Å²) < 4.78 is 59.3. The van der Waals surface area contributed by atoms with Crippen LogP contribution in [-0.2, 0) is 28.7 Å². The monoisotopic (exact) mass is 655 g/mol. The summed E-state index contributed by atoms with van der Waals surface area (Å²) in [6, 6.07) is 21.5. The summed E-state index contributed by atoms with van der Waals surface area (Å²) in [5.74, 6) is -0.0702. The molecule has 0 spiro atoms. The van der Waals surface area contributed by atoms with Gasteiger partial charge < -0.3 is 24.2 Å². The summed E-state index contributed by atoms with van der Waals surface area (Å²) >= 11 is 5.98. The number of hydrogen-bond acceptors (Lipinski definition) is 5. The minimum Gasteiger partial charge on any atom is -0.496 e. The van der Waals surface area contributed by atoms with Crippen molar-refractivity contribution >= 4 is 23.5 Å². The molecule has 46 heavy (non-hydrogen) atoms. The standard InChI is InChI=1S/C35H33ClF3NO6/c1-5-40(33(43)34(2,3)46-31-9-7-6-8-30(31)45-26-14-12-25(36)13-15-26)21-23-20-24(35(37,38)39)11-16-27(23)28-18-22(19-32(41)42)10-17-29(28)44-4/h6-18,20H,5,19,21H2,1-4H3,(H,41,42). The van der Waals surface area contributed by atoms with Crippen LogP contribution in [0.2, 0.25) is 5.02 Å². The van der Waals surface area contributed by atoms with Gasteiger partial charge in [0.25, 0.3) is 5.91 Å². The zero-order valence-corrected chi connectivity index (χ0v) is 26.4. The third kappa shape index (κ3) is 8.31. The number of hydrogen-bond donors (Lipinski definition) is 1. The third-order valence-electron chi connectivity index (χ3n) is 7.14. The van der Waals surface area contributed by atoms with Crippen molar-refractivity contribution in [1.82, 2.24) is 4.90 Å². The van der Waals surface area contributed by atoms with E-state index in [9.17, 15) is 27.9 Å². The van der Waals surface area contributed by atoms with Crippen LogP contribution < -0.4 is 14.2 Å². The van der Waals surface area contributed by atoms with Crippen LogP contribution >= 0.6 is 11.6 Å². The number of carboxylic acids is 1. The molecule has 0 radical (unpaired) electrons. The summed E-state index contributed by atoms with van der Waals surface area (Å²) in [6.07, 6.45) is -4.93. The van der Waals surface area contributed by atoms with E-state index < -0.39 is 29.2 Å². The lowest BCUT2D eigenvalue weighted by Crippen LogP contribution is -2.48. The maximum Gasteiger partial charge on any atom is 0.416 e. The van der Waals surface area contributed by atoms with E-state index in [1.54, 1.807) is 87.5 Å². The van der Waals surface area contributed by atoms with Gasteiger partial charge in [0.2, 0.25) is 0 Å². The average Bonchev–Trinajstić information content (AvgIpc) is 3.00. The van der Waals surface area contributed by atoms with Crippen LogP contribution in [0.1, 0.15) is 37.5 Å². The highest BCUT2D eigenvalue weighted by Crippen LogP contribution is 2.39. The first-order chi connectivity index (χ1) is 21.7. The number of methoxy groups -OCH3 is 1. The second-order valence-electron chi connectivity index (χ2n) is 10.9. The van der Waals surface area contributed by atoms with Crippen LogP contribution in [0.15, 0.2) is 84.9 Å². The van der Waals surface area contributed by atoms with E-state index in [1.165, 1.54) is 18.1 Å². The van der Waals surface area contributed by atoms with Gasteiger partial charge in [-0.2, -0.15) is 13.2 Å². The Kier molecular flexibility index (Phi) is 10.5. The summed E-state index contributed by atoms with van der Waals surface area (Å²) in [6.45, 7) is 4.81. The largest absolute Gasteiger partial charge is 0.496 e. The molecule has 0 saturated carbocycles. The van der Waals surface area contributed by atoms with E-state index in [-0.39, 0.29) is 30.8 Å². The molecule has 1 amide bonds. The molecule has 0 aliphatic carbocycles. The van der Waals surface area contributed by atoms with Crippen LogP contribution in [0.4, 0.5) is 13.2 Å². The molecule has 0 heterocycles. The molecule has 0 aliphatic heterocycles. The summed E-state index contributed by atoms with van der Waals surface area (Å²) in [7, 11) is 1.41. The SMILES string of the molecule is CCN(Cc1cc(C(F)(F)F)ccc1-c1cc(CC(=O)O)ccc1OC)C(=O)C(C)(C)Oc1ccccc1Oc1ccc(Cl)cc1. The van der Waals surface area contributed by atoms with E-state index in [2.05, 4.69) is 0 Å². The van der Waals surface area contributed by atoms with Gasteiger partial charge in [-0.1, -0.05) is 35.9 Å². The van der Waals surface area contributed by atoms with Crippen molar-refractivity contribution < 1.29 is 42.1 Å².